The van der Waals surface area contributed by atoms with Gasteiger partial charge in [-0.15, -0.1) is 5.23 Å². The second kappa shape index (κ2) is 13.4. The number of benzene rings is 4. The van der Waals surface area contributed by atoms with E-state index in [4.69, 9.17) is 26.8 Å². The third-order valence-electron chi connectivity index (χ3n) is 5.93. The molecule has 0 saturated carbocycles. The lowest BCUT2D eigenvalue weighted by molar-refractivity contribution is 0.0291. The van der Waals surface area contributed by atoms with Crippen molar-refractivity contribution >= 4 is 43.8 Å². The Bertz CT molecular complexity index is 1620. The van der Waals surface area contributed by atoms with Crippen LogP contribution in [0.4, 0.5) is 20.2 Å². The van der Waals surface area contributed by atoms with Gasteiger partial charge < -0.3 is 4.74 Å². The summed E-state index contributed by atoms with van der Waals surface area (Å²) in [7, 11) is -5.74. The first-order chi connectivity index (χ1) is 19.6. The molecular formula is C28H25ClF2N2O6S2. The molecule has 41 heavy (non-hydrogen) atoms. The largest absolute Gasteiger partial charge is 0.493 e. The molecule has 216 valence electrons. The molecule has 0 bridgehead atoms. The topological polar surface area (TPSA) is 107 Å². The number of ether oxygens (including phenoxy) is 1. The van der Waals surface area contributed by atoms with E-state index in [9.17, 15) is 21.4 Å². The highest BCUT2D eigenvalue weighted by atomic mass is 35.5. The molecule has 8 nitrogen and oxygen atoms in total. The lowest BCUT2D eigenvalue weighted by Crippen LogP contribution is -2.31. The maximum Gasteiger partial charge on any atom is 0.264 e. The second-order valence-corrected chi connectivity index (χ2v) is 12.6. The molecule has 0 amide bonds. The van der Waals surface area contributed by atoms with E-state index >= 15 is 0 Å². The first-order valence-electron chi connectivity index (χ1n) is 12.2. The first kappa shape index (κ1) is 30.4. The minimum absolute atomic E-state index is 0.0392. The van der Waals surface area contributed by atoms with Crippen LogP contribution in [-0.2, 0) is 27.4 Å². The van der Waals surface area contributed by atoms with E-state index < -0.39 is 38.1 Å². The molecule has 1 unspecified atom stereocenters. The Kier molecular flexibility index (Phi) is 9.94. The molecule has 0 aliphatic carbocycles. The van der Waals surface area contributed by atoms with Crippen molar-refractivity contribution in [2.75, 3.05) is 21.9 Å². The summed E-state index contributed by atoms with van der Waals surface area (Å²) in [4.78, 5) is 0.335. The number of sulfonamides is 1. The van der Waals surface area contributed by atoms with Gasteiger partial charge in [-0.3, -0.25) is 18.9 Å². The van der Waals surface area contributed by atoms with E-state index in [0.717, 1.165) is 22.5 Å². The lowest BCUT2D eigenvalue weighted by Gasteiger charge is -2.26. The van der Waals surface area contributed by atoms with Crippen molar-refractivity contribution < 1.29 is 36.6 Å². The van der Waals surface area contributed by atoms with Gasteiger partial charge in [-0.05, 0) is 73.2 Å². The number of nitrogens with zero attached hydrogens (tertiary/aromatic N) is 2. The van der Waals surface area contributed by atoms with Crippen LogP contribution in [0.25, 0.3) is 0 Å². The van der Waals surface area contributed by atoms with E-state index in [-0.39, 0.29) is 34.7 Å². The van der Waals surface area contributed by atoms with Crippen molar-refractivity contribution in [1.82, 2.24) is 0 Å². The minimum atomic E-state index is -4.36. The molecule has 0 aliphatic heterocycles. The quantitative estimate of drug-likeness (QED) is 0.144. The van der Waals surface area contributed by atoms with Gasteiger partial charge in [0.1, 0.15) is 17.4 Å². The molecule has 0 aliphatic rings. The van der Waals surface area contributed by atoms with E-state index in [1.54, 1.807) is 24.3 Å². The molecule has 0 radical (unpaired) electrons. The molecule has 0 aromatic heterocycles. The Morgan fingerprint density at radius 1 is 0.902 bits per heavy atom. The third kappa shape index (κ3) is 7.60. The van der Waals surface area contributed by atoms with Crippen LogP contribution in [0.1, 0.15) is 12.0 Å². The predicted octanol–water partition coefficient (Wildman–Crippen LogP) is 6.18. The molecule has 4 aromatic carbocycles. The zero-order valence-electron chi connectivity index (χ0n) is 21.4. The van der Waals surface area contributed by atoms with Crippen LogP contribution in [0, 0.1) is 11.6 Å². The summed E-state index contributed by atoms with van der Waals surface area (Å²) in [5, 5.41) is 18.3. The summed E-state index contributed by atoms with van der Waals surface area (Å²) >= 11 is 5.91. The average molecular weight is 623 g/mol. The smallest absolute Gasteiger partial charge is 0.264 e. The minimum Gasteiger partial charge on any atom is -0.493 e. The van der Waals surface area contributed by atoms with Gasteiger partial charge in [-0.25, -0.2) is 17.2 Å². The van der Waals surface area contributed by atoms with Crippen LogP contribution in [0.3, 0.4) is 0 Å². The fraction of sp³-hybridized carbons (Fsp3) is 0.143. The monoisotopic (exact) mass is 622 g/mol. The highest BCUT2D eigenvalue weighted by Gasteiger charge is 2.29. The van der Waals surface area contributed by atoms with Gasteiger partial charge in [0.25, 0.3) is 10.0 Å². The normalized spacial score (nSPS) is 12.1. The number of para-hydroxylation sites is 1. The maximum absolute atomic E-state index is 14.9. The Morgan fingerprint density at radius 3 is 2.27 bits per heavy atom. The van der Waals surface area contributed by atoms with Crippen molar-refractivity contribution in [3.05, 3.63) is 113 Å². The predicted molar refractivity (Wildman–Crippen MR) is 152 cm³/mol. The van der Waals surface area contributed by atoms with Crippen molar-refractivity contribution in [3.8, 4) is 5.75 Å². The fourth-order valence-electron chi connectivity index (χ4n) is 3.86. The maximum atomic E-state index is 14.9. The number of halogens is 3. The molecule has 13 heteroatoms. The Balaban J connectivity index is 1.52. The van der Waals surface area contributed by atoms with Crippen LogP contribution < -0.4 is 14.3 Å². The first-order valence-corrected chi connectivity index (χ1v) is 15.3. The molecule has 0 fully saturated rings. The summed E-state index contributed by atoms with van der Waals surface area (Å²) in [5.74, 6) is -1.17. The van der Waals surface area contributed by atoms with Gasteiger partial charge in [-0.1, -0.05) is 29.8 Å². The summed E-state index contributed by atoms with van der Waals surface area (Å²) in [6, 6.07) is 20.3. The fourth-order valence-corrected chi connectivity index (χ4v) is 6.49. The average Bonchev–Trinajstić information content (AvgIpc) is 2.96. The van der Waals surface area contributed by atoms with Gasteiger partial charge in [0.2, 0.25) is 0 Å². The molecule has 0 heterocycles. The Labute approximate surface area is 243 Å². The second-order valence-electron chi connectivity index (χ2n) is 8.70. The summed E-state index contributed by atoms with van der Waals surface area (Å²) < 4.78 is 75.6. The zero-order valence-corrected chi connectivity index (χ0v) is 23.7. The highest BCUT2D eigenvalue weighted by molar-refractivity contribution is 7.92. The van der Waals surface area contributed by atoms with Gasteiger partial charge in [0.15, 0.2) is 0 Å². The molecule has 4 rings (SSSR count). The summed E-state index contributed by atoms with van der Waals surface area (Å²) in [6.07, 6.45) is 0.375. The van der Waals surface area contributed by atoms with Gasteiger partial charge in [0.05, 0.1) is 40.2 Å². The standard InChI is InChI=1S/C28H25ClF2N2O6S2/c29-21-6-13-25(14-7-21)41(37,38)32(27-18-22(30)8-15-26(27)31)19-20-4-1-2-5-28(20)39-16-3-17-40(36)24-11-9-23(10-12-24)33(34)35/h1-2,4-15,18,34-35H,3,16-17,19H2. The van der Waals surface area contributed by atoms with Crippen LogP contribution in [0.15, 0.2) is 101 Å². The molecular weight excluding hydrogens is 598 g/mol. The van der Waals surface area contributed by atoms with Crippen LogP contribution in [0.5, 0.6) is 5.75 Å². The van der Waals surface area contributed by atoms with E-state index in [1.807, 2.05) is 0 Å². The summed E-state index contributed by atoms with van der Waals surface area (Å²) in [6.45, 7) is -0.229. The van der Waals surface area contributed by atoms with Crippen molar-refractivity contribution in [1.29, 1.82) is 0 Å². The number of hydrogen-bond acceptors (Lipinski definition) is 7. The Morgan fingerprint density at radius 2 is 1.59 bits per heavy atom. The zero-order chi connectivity index (χ0) is 29.6. The number of anilines is 2. The van der Waals surface area contributed by atoms with Crippen molar-refractivity contribution in [2.24, 2.45) is 0 Å². The van der Waals surface area contributed by atoms with E-state index in [0.29, 0.717) is 27.7 Å². The van der Waals surface area contributed by atoms with Gasteiger partial charge in [0, 0.05) is 27.3 Å². The Hall–Kier alpha value is -3.55. The molecule has 2 N–H and O–H groups in total. The van der Waals surface area contributed by atoms with Crippen molar-refractivity contribution in [2.45, 2.75) is 22.8 Å². The van der Waals surface area contributed by atoms with E-state index in [2.05, 4.69) is 0 Å². The van der Waals surface area contributed by atoms with E-state index in [1.165, 1.54) is 48.5 Å². The summed E-state index contributed by atoms with van der Waals surface area (Å²) in [5.41, 5.74) is 0.0422. The van der Waals surface area contributed by atoms with Gasteiger partial charge >= 0.3 is 0 Å². The molecule has 1 atom stereocenters. The third-order valence-corrected chi connectivity index (χ3v) is 9.41. The SMILES string of the molecule is O=S(CCCOc1ccccc1CN(c1cc(F)ccc1F)S(=O)(=O)c1ccc(Cl)cc1)c1ccc(N(O)O)cc1. The highest BCUT2D eigenvalue weighted by Crippen LogP contribution is 2.32. The van der Waals surface area contributed by atoms with Gasteiger partial charge in [-0.2, -0.15) is 0 Å². The van der Waals surface area contributed by atoms with Crippen LogP contribution in [0.2, 0.25) is 5.02 Å². The lowest BCUT2D eigenvalue weighted by atomic mass is 10.2. The van der Waals surface area contributed by atoms with Crippen LogP contribution >= 0.6 is 11.6 Å². The molecule has 0 spiro atoms. The van der Waals surface area contributed by atoms with Crippen molar-refractivity contribution in [3.63, 3.8) is 0 Å². The number of rotatable bonds is 12. The molecule has 0 saturated heterocycles. The number of hydrogen-bond donors (Lipinski definition) is 2. The van der Waals surface area contributed by atoms with Crippen LogP contribution in [-0.4, -0.2) is 35.4 Å². The molecule has 4 aromatic rings.